The molecule has 0 heterocycles. The summed E-state index contributed by atoms with van der Waals surface area (Å²) in [6, 6.07) is 2.05. The number of aryl methyl sites for hydroxylation is 2. The lowest BCUT2D eigenvalue weighted by Crippen LogP contribution is -2.26. The number of methoxy groups -OCH3 is 1. The maximum absolute atomic E-state index is 12.7. The number of carbonyl (C=O) groups excluding carboxylic acids is 1. The van der Waals surface area contributed by atoms with E-state index in [4.69, 9.17) is 10.5 Å². The first kappa shape index (κ1) is 13.1. The van der Waals surface area contributed by atoms with E-state index in [1.807, 2.05) is 20.8 Å². The van der Waals surface area contributed by atoms with E-state index in [9.17, 15) is 4.79 Å². The Morgan fingerprint density at radius 1 is 1.33 bits per heavy atom. The molecular formula is C15H21NO2. The Labute approximate surface area is 108 Å². The van der Waals surface area contributed by atoms with Gasteiger partial charge in [0.05, 0.1) is 12.7 Å². The second-order valence-electron chi connectivity index (χ2n) is 5.36. The molecule has 3 heteroatoms. The molecule has 1 aliphatic rings. The molecule has 0 aliphatic heterocycles. The predicted octanol–water partition coefficient (Wildman–Crippen LogP) is 2.54. The van der Waals surface area contributed by atoms with Crippen molar-refractivity contribution in [3.05, 3.63) is 28.3 Å². The van der Waals surface area contributed by atoms with Crippen LogP contribution >= 0.6 is 0 Å². The third-order valence-electron chi connectivity index (χ3n) is 4.14. The molecule has 1 aliphatic carbocycles. The molecule has 0 atom stereocenters. The molecule has 1 saturated carbocycles. The smallest absolute Gasteiger partial charge is 0.174 e. The Morgan fingerprint density at radius 3 is 2.39 bits per heavy atom. The standard InChI is InChI=1S/C15H21NO2/c1-9-7-10(2)12(13(18-4)11(9)3)14(17)15(8-16)5-6-15/h7H,5-6,8,16H2,1-4H3. The van der Waals surface area contributed by atoms with Gasteiger partial charge in [-0.3, -0.25) is 4.79 Å². The highest BCUT2D eigenvalue weighted by molar-refractivity contribution is 6.06. The quantitative estimate of drug-likeness (QED) is 0.832. The molecule has 0 amide bonds. The van der Waals surface area contributed by atoms with E-state index in [-0.39, 0.29) is 11.2 Å². The number of ether oxygens (including phenoxy) is 1. The first-order chi connectivity index (χ1) is 8.46. The van der Waals surface area contributed by atoms with E-state index in [0.717, 1.165) is 40.8 Å². The van der Waals surface area contributed by atoms with Crippen LogP contribution in [0.1, 0.15) is 39.9 Å². The SMILES string of the molecule is COc1c(C)c(C)cc(C)c1C(=O)C1(CN)CC1. The van der Waals surface area contributed by atoms with Crippen LogP contribution in [0.2, 0.25) is 0 Å². The maximum atomic E-state index is 12.7. The monoisotopic (exact) mass is 247 g/mol. The highest BCUT2D eigenvalue weighted by Crippen LogP contribution is 2.49. The van der Waals surface area contributed by atoms with Crippen LogP contribution in [0.4, 0.5) is 0 Å². The van der Waals surface area contributed by atoms with Crippen LogP contribution in [0.15, 0.2) is 6.07 Å². The maximum Gasteiger partial charge on any atom is 0.174 e. The first-order valence-corrected chi connectivity index (χ1v) is 6.36. The van der Waals surface area contributed by atoms with E-state index in [0.29, 0.717) is 6.54 Å². The zero-order valence-corrected chi connectivity index (χ0v) is 11.6. The van der Waals surface area contributed by atoms with Gasteiger partial charge in [-0.25, -0.2) is 0 Å². The number of carbonyl (C=O) groups is 1. The van der Waals surface area contributed by atoms with Crippen molar-refractivity contribution in [2.45, 2.75) is 33.6 Å². The fourth-order valence-corrected chi connectivity index (χ4v) is 2.53. The van der Waals surface area contributed by atoms with Gasteiger partial charge in [0, 0.05) is 12.0 Å². The molecule has 3 nitrogen and oxygen atoms in total. The Hall–Kier alpha value is -1.35. The Kier molecular flexibility index (Phi) is 3.20. The summed E-state index contributed by atoms with van der Waals surface area (Å²) in [5.41, 5.74) is 9.34. The number of hydrogen-bond donors (Lipinski definition) is 1. The molecule has 0 aromatic heterocycles. The summed E-state index contributed by atoms with van der Waals surface area (Å²) >= 11 is 0. The minimum Gasteiger partial charge on any atom is -0.496 e. The fourth-order valence-electron chi connectivity index (χ4n) is 2.53. The Morgan fingerprint density at radius 2 is 1.94 bits per heavy atom. The summed E-state index contributed by atoms with van der Waals surface area (Å²) in [5.74, 6) is 0.875. The highest BCUT2D eigenvalue weighted by atomic mass is 16.5. The first-order valence-electron chi connectivity index (χ1n) is 6.36. The van der Waals surface area contributed by atoms with Crippen LogP contribution in [0.5, 0.6) is 5.75 Å². The summed E-state index contributed by atoms with van der Waals surface area (Å²) in [6.45, 7) is 6.43. The normalized spacial score (nSPS) is 16.5. The van der Waals surface area contributed by atoms with Gasteiger partial charge in [-0.1, -0.05) is 6.07 Å². The van der Waals surface area contributed by atoms with Gasteiger partial charge in [0.25, 0.3) is 0 Å². The van der Waals surface area contributed by atoms with Crippen molar-refractivity contribution in [3.8, 4) is 5.75 Å². The molecule has 98 valence electrons. The zero-order chi connectivity index (χ0) is 13.5. The number of nitrogens with two attached hydrogens (primary N) is 1. The lowest BCUT2D eigenvalue weighted by atomic mass is 9.88. The van der Waals surface area contributed by atoms with Crippen molar-refractivity contribution < 1.29 is 9.53 Å². The number of rotatable bonds is 4. The Bertz CT molecular complexity index is 502. The van der Waals surface area contributed by atoms with Gasteiger partial charge < -0.3 is 10.5 Å². The molecule has 0 saturated heterocycles. The summed E-state index contributed by atoms with van der Waals surface area (Å²) in [4.78, 5) is 12.7. The van der Waals surface area contributed by atoms with E-state index in [1.165, 1.54) is 0 Å². The minimum absolute atomic E-state index is 0.155. The molecule has 1 aromatic rings. The Balaban J connectivity index is 2.57. The van der Waals surface area contributed by atoms with E-state index in [1.54, 1.807) is 7.11 Å². The molecule has 1 aromatic carbocycles. The zero-order valence-electron chi connectivity index (χ0n) is 11.6. The average Bonchev–Trinajstić information content (AvgIpc) is 3.13. The molecule has 2 N–H and O–H groups in total. The molecule has 1 fully saturated rings. The van der Waals surface area contributed by atoms with Crippen molar-refractivity contribution in [3.63, 3.8) is 0 Å². The van der Waals surface area contributed by atoms with E-state index >= 15 is 0 Å². The molecule has 0 unspecified atom stereocenters. The van der Waals surface area contributed by atoms with Gasteiger partial charge in [-0.05, 0) is 50.3 Å². The molecule has 0 spiro atoms. The summed E-state index contributed by atoms with van der Waals surface area (Å²) < 4.78 is 5.46. The second-order valence-corrected chi connectivity index (χ2v) is 5.36. The van der Waals surface area contributed by atoms with Gasteiger partial charge >= 0.3 is 0 Å². The number of hydrogen-bond acceptors (Lipinski definition) is 3. The lowest BCUT2D eigenvalue weighted by Gasteiger charge is -2.19. The third kappa shape index (κ3) is 1.83. The third-order valence-corrected chi connectivity index (χ3v) is 4.14. The van der Waals surface area contributed by atoms with Gasteiger partial charge in [0.15, 0.2) is 5.78 Å². The molecule has 0 radical (unpaired) electrons. The number of ketones is 1. The largest absolute Gasteiger partial charge is 0.496 e. The van der Waals surface area contributed by atoms with Crippen LogP contribution in [-0.4, -0.2) is 19.4 Å². The number of Topliss-reactive ketones (excluding diaryl/α,β-unsaturated/α-hetero) is 1. The van der Waals surface area contributed by atoms with Crippen molar-refractivity contribution in [2.75, 3.05) is 13.7 Å². The van der Waals surface area contributed by atoms with Crippen LogP contribution in [-0.2, 0) is 0 Å². The van der Waals surface area contributed by atoms with Gasteiger partial charge in [0.2, 0.25) is 0 Å². The van der Waals surface area contributed by atoms with Gasteiger partial charge in [0.1, 0.15) is 5.75 Å². The van der Waals surface area contributed by atoms with Crippen LogP contribution in [0.25, 0.3) is 0 Å². The predicted molar refractivity (Wildman–Crippen MR) is 72.3 cm³/mol. The van der Waals surface area contributed by atoms with Crippen molar-refractivity contribution in [1.82, 2.24) is 0 Å². The second kappa shape index (κ2) is 4.39. The molecule has 0 bridgehead atoms. The lowest BCUT2D eigenvalue weighted by molar-refractivity contribution is 0.0901. The fraction of sp³-hybridized carbons (Fsp3) is 0.533. The van der Waals surface area contributed by atoms with E-state index < -0.39 is 0 Å². The topological polar surface area (TPSA) is 52.3 Å². The van der Waals surface area contributed by atoms with Crippen LogP contribution in [0.3, 0.4) is 0 Å². The molecule has 2 rings (SSSR count). The van der Waals surface area contributed by atoms with Crippen LogP contribution in [0, 0.1) is 26.2 Å². The van der Waals surface area contributed by atoms with Gasteiger partial charge in [-0.15, -0.1) is 0 Å². The molecule has 18 heavy (non-hydrogen) atoms. The molecular weight excluding hydrogens is 226 g/mol. The van der Waals surface area contributed by atoms with Crippen molar-refractivity contribution in [2.24, 2.45) is 11.1 Å². The summed E-state index contributed by atoms with van der Waals surface area (Å²) in [5, 5.41) is 0. The van der Waals surface area contributed by atoms with Crippen molar-refractivity contribution in [1.29, 1.82) is 0 Å². The summed E-state index contributed by atoms with van der Waals surface area (Å²) in [6.07, 6.45) is 1.80. The number of benzene rings is 1. The highest BCUT2D eigenvalue weighted by Gasteiger charge is 2.49. The van der Waals surface area contributed by atoms with Gasteiger partial charge in [-0.2, -0.15) is 0 Å². The van der Waals surface area contributed by atoms with E-state index in [2.05, 4.69) is 6.07 Å². The minimum atomic E-state index is -0.320. The summed E-state index contributed by atoms with van der Waals surface area (Å²) in [7, 11) is 1.63. The van der Waals surface area contributed by atoms with Crippen molar-refractivity contribution >= 4 is 5.78 Å². The average molecular weight is 247 g/mol. The van der Waals surface area contributed by atoms with Crippen LogP contribution < -0.4 is 10.5 Å².